The van der Waals surface area contributed by atoms with Crippen molar-refractivity contribution < 1.29 is 9.59 Å². The first kappa shape index (κ1) is 15.9. The van der Waals surface area contributed by atoms with Crippen LogP contribution < -0.4 is 16.4 Å². The molecule has 17 heavy (non-hydrogen) atoms. The molecule has 0 rings (SSSR count). The van der Waals surface area contributed by atoms with Crippen molar-refractivity contribution in [3.05, 3.63) is 0 Å². The SMILES string of the molecule is CCC(C)(C)NC(=O)CNC(C)(CC)C(N)=O. The third-order valence-corrected chi connectivity index (χ3v) is 3.25. The molecular formula is C12H25N3O2. The molecule has 0 bridgehead atoms. The number of carbonyl (C=O) groups is 2. The number of carbonyl (C=O) groups excluding carboxylic acids is 2. The topological polar surface area (TPSA) is 84.2 Å². The summed E-state index contributed by atoms with van der Waals surface area (Å²) in [4.78, 5) is 22.9. The van der Waals surface area contributed by atoms with E-state index in [9.17, 15) is 9.59 Å². The number of hydrogen-bond donors (Lipinski definition) is 3. The van der Waals surface area contributed by atoms with Crippen LogP contribution in [-0.4, -0.2) is 29.4 Å². The molecule has 0 fully saturated rings. The van der Waals surface area contributed by atoms with Crippen molar-refractivity contribution in [1.29, 1.82) is 0 Å². The molecule has 0 saturated heterocycles. The zero-order chi connectivity index (χ0) is 13.7. The summed E-state index contributed by atoms with van der Waals surface area (Å²) in [7, 11) is 0. The molecule has 1 unspecified atom stereocenters. The van der Waals surface area contributed by atoms with Crippen LogP contribution in [0.5, 0.6) is 0 Å². The van der Waals surface area contributed by atoms with Crippen LogP contribution in [0, 0.1) is 0 Å². The molecule has 100 valence electrons. The molecule has 4 N–H and O–H groups in total. The fourth-order valence-corrected chi connectivity index (χ4v) is 1.17. The summed E-state index contributed by atoms with van der Waals surface area (Å²) in [6, 6.07) is 0. The number of hydrogen-bond acceptors (Lipinski definition) is 3. The molecule has 0 aromatic rings. The highest BCUT2D eigenvalue weighted by Gasteiger charge is 2.29. The molecule has 2 amide bonds. The predicted molar refractivity (Wildman–Crippen MR) is 68.4 cm³/mol. The minimum absolute atomic E-state index is 0.0940. The smallest absolute Gasteiger partial charge is 0.237 e. The highest BCUT2D eigenvalue weighted by molar-refractivity contribution is 5.85. The fourth-order valence-electron chi connectivity index (χ4n) is 1.17. The Morgan fingerprint density at radius 1 is 1.12 bits per heavy atom. The lowest BCUT2D eigenvalue weighted by molar-refractivity contribution is -0.125. The van der Waals surface area contributed by atoms with Crippen LogP contribution >= 0.6 is 0 Å². The van der Waals surface area contributed by atoms with Crippen LogP contribution in [0.1, 0.15) is 47.5 Å². The predicted octanol–water partition coefficient (Wildman–Crippen LogP) is 0.535. The summed E-state index contributed by atoms with van der Waals surface area (Å²) in [6.07, 6.45) is 1.40. The Hall–Kier alpha value is -1.10. The number of primary amides is 1. The van der Waals surface area contributed by atoms with E-state index in [1.807, 2.05) is 27.7 Å². The summed E-state index contributed by atoms with van der Waals surface area (Å²) >= 11 is 0. The van der Waals surface area contributed by atoms with Gasteiger partial charge in [-0.2, -0.15) is 0 Å². The van der Waals surface area contributed by atoms with Gasteiger partial charge in [0.1, 0.15) is 0 Å². The minimum Gasteiger partial charge on any atom is -0.368 e. The van der Waals surface area contributed by atoms with Crippen molar-refractivity contribution >= 4 is 11.8 Å². The molecule has 0 aliphatic rings. The van der Waals surface area contributed by atoms with E-state index in [1.54, 1.807) is 6.92 Å². The summed E-state index contributed by atoms with van der Waals surface area (Å²) in [6.45, 7) is 9.57. The van der Waals surface area contributed by atoms with Gasteiger partial charge in [-0.1, -0.05) is 13.8 Å². The van der Waals surface area contributed by atoms with Crippen molar-refractivity contribution in [2.45, 2.75) is 58.5 Å². The molecule has 0 aromatic heterocycles. The minimum atomic E-state index is -0.826. The maximum Gasteiger partial charge on any atom is 0.237 e. The third kappa shape index (κ3) is 5.17. The van der Waals surface area contributed by atoms with Crippen molar-refractivity contribution in [3.63, 3.8) is 0 Å². The van der Waals surface area contributed by atoms with Gasteiger partial charge in [-0.05, 0) is 33.6 Å². The van der Waals surface area contributed by atoms with Gasteiger partial charge in [0.15, 0.2) is 0 Å². The Balaban J connectivity index is 4.29. The standard InChI is InChI=1S/C12H25N3O2/c1-6-11(3,4)15-9(16)8-14-12(5,7-2)10(13)17/h14H,6-8H2,1-5H3,(H2,13,17)(H,15,16). The molecule has 1 atom stereocenters. The molecule has 0 aliphatic heterocycles. The number of rotatable bonds is 7. The monoisotopic (exact) mass is 243 g/mol. The lowest BCUT2D eigenvalue weighted by Gasteiger charge is -2.28. The van der Waals surface area contributed by atoms with Crippen molar-refractivity contribution in [2.24, 2.45) is 5.73 Å². The summed E-state index contributed by atoms with van der Waals surface area (Å²) in [5.74, 6) is -0.569. The van der Waals surface area contributed by atoms with Gasteiger partial charge >= 0.3 is 0 Å². The number of nitrogens with two attached hydrogens (primary N) is 1. The van der Waals surface area contributed by atoms with Crippen molar-refractivity contribution in [1.82, 2.24) is 10.6 Å². The van der Waals surface area contributed by atoms with E-state index in [4.69, 9.17) is 5.73 Å². The van der Waals surface area contributed by atoms with Gasteiger partial charge < -0.3 is 11.1 Å². The summed E-state index contributed by atoms with van der Waals surface area (Å²) in [5.41, 5.74) is 4.23. The van der Waals surface area contributed by atoms with Gasteiger partial charge in [-0.15, -0.1) is 0 Å². The van der Waals surface area contributed by atoms with Crippen molar-refractivity contribution in [3.8, 4) is 0 Å². The van der Waals surface area contributed by atoms with E-state index in [-0.39, 0.29) is 18.0 Å². The van der Waals surface area contributed by atoms with Crippen LogP contribution in [0.3, 0.4) is 0 Å². The van der Waals surface area contributed by atoms with E-state index in [2.05, 4.69) is 10.6 Å². The maximum atomic E-state index is 11.7. The lowest BCUT2D eigenvalue weighted by atomic mass is 9.98. The van der Waals surface area contributed by atoms with E-state index in [1.165, 1.54) is 0 Å². The second kappa shape index (κ2) is 6.00. The molecule has 0 radical (unpaired) electrons. The van der Waals surface area contributed by atoms with Crippen LogP contribution in [0.25, 0.3) is 0 Å². The quantitative estimate of drug-likeness (QED) is 0.610. The highest BCUT2D eigenvalue weighted by atomic mass is 16.2. The molecular weight excluding hydrogens is 218 g/mol. The van der Waals surface area contributed by atoms with Gasteiger partial charge in [0.2, 0.25) is 11.8 Å². The van der Waals surface area contributed by atoms with Gasteiger partial charge in [0.05, 0.1) is 12.1 Å². The average molecular weight is 243 g/mol. The summed E-state index contributed by atoms with van der Waals surface area (Å²) < 4.78 is 0. The molecule has 0 heterocycles. The first-order valence-electron chi connectivity index (χ1n) is 6.03. The van der Waals surface area contributed by atoms with Gasteiger partial charge in [-0.3, -0.25) is 14.9 Å². The molecule has 5 heteroatoms. The lowest BCUT2D eigenvalue weighted by Crippen LogP contribution is -2.56. The fraction of sp³-hybridized carbons (Fsp3) is 0.833. The van der Waals surface area contributed by atoms with Crippen molar-refractivity contribution in [2.75, 3.05) is 6.54 Å². The summed E-state index contributed by atoms with van der Waals surface area (Å²) in [5, 5.41) is 5.79. The van der Waals surface area contributed by atoms with E-state index in [0.717, 1.165) is 6.42 Å². The Bertz CT molecular complexity index is 289. The van der Waals surface area contributed by atoms with Crippen LogP contribution in [-0.2, 0) is 9.59 Å². The maximum absolute atomic E-state index is 11.7. The molecule has 0 aromatic carbocycles. The Morgan fingerprint density at radius 2 is 1.65 bits per heavy atom. The molecule has 0 aliphatic carbocycles. The first-order chi connectivity index (χ1) is 7.67. The highest BCUT2D eigenvalue weighted by Crippen LogP contribution is 2.08. The first-order valence-corrected chi connectivity index (χ1v) is 6.03. The zero-order valence-electron chi connectivity index (χ0n) is 11.5. The van der Waals surface area contributed by atoms with Crippen LogP contribution in [0.15, 0.2) is 0 Å². The van der Waals surface area contributed by atoms with Gasteiger partial charge in [-0.25, -0.2) is 0 Å². The molecule has 0 spiro atoms. The number of nitrogens with one attached hydrogen (secondary N) is 2. The zero-order valence-corrected chi connectivity index (χ0v) is 11.5. The van der Waals surface area contributed by atoms with Crippen LogP contribution in [0.2, 0.25) is 0 Å². The van der Waals surface area contributed by atoms with E-state index in [0.29, 0.717) is 6.42 Å². The van der Waals surface area contributed by atoms with E-state index < -0.39 is 11.4 Å². The largest absolute Gasteiger partial charge is 0.368 e. The molecule has 0 saturated carbocycles. The Morgan fingerprint density at radius 3 is 2.00 bits per heavy atom. The second-order valence-corrected chi connectivity index (χ2v) is 5.19. The Labute approximate surface area is 104 Å². The van der Waals surface area contributed by atoms with E-state index >= 15 is 0 Å². The Kier molecular flexibility index (Phi) is 5.61. The number of amides is 2. The normalized spacial score (nSPS) is 15.1. The van der Waals surface area contributed by atoms with Gasteiger partial charge in [0.25, 0.3) is 0 Å². The molecule has 5 nitrogen and oxygen atoms in total. The second-order valence-electron chi connectivity index (χ2n) is 5.19. The average Bonchev–Trinajstić information content (AvgIpc) is 2.25. The van der Waals surface area contributed by atoms with Gasteiger partial charge in [0, 0.05) is 5.54 Å². The third-order valence-electron chi connectivity index (χ3n) is 3.25. The van der Waals surface area contributed by atoms with Crippen LogP contribution in [0.4, 0.5) is 0 Å².